The fraction of sp³-hybridized carbons (Fsp3) is 0.118. The molecule has 0 atom stereocenters. The smallest absolute Gasteiger partial charge is 0.259 e. The van der Waals surface area contributed by atoms with Crippen molar-refractivity contribution in [2.45, 2.75) is 0 Å². The standard InChI is InChI=1S/C17H16ClN2O3P/c1-24(2,22)23-16-15(12-6-4-3-5-7-12)19-20(17(16)21)14-10-8-13(18)9-11-14/h3-11,21H,1-2H3. The van der Waals surface area contributed by atoms with Gasteiger partial charge in [-0.05, 0) is 24.3 Å². The summed E-state index contributed by atoms with van der Waals surface area (Å²) in [5.74, 6) is -0.107. The molecular weight excluding hydrogens is 347 g/mol. The molecule has 0 aliphatic carbocycles. The van der Waals surface area contributed by atoms with Gasteiger partial charge in [0.15, 0.2) is 0 Å². The van der Waals surface area contributed by atoms with Crippen LogP contribution in [-0.2, 0) is 4.57 Å². The molecule has 124 valence electrons. The largest absolute Gasteiger partial charge is 0.491 e. The van der Waals surface area contributed by atoms with Gasteiger partial charge in [0, 0.05) is 23.9 Å². The maximum atomic E-state index is 12.1. The first-order chi connectivity index (χ1) is 11.3. The van der Waals surface area contributed by atoms with Crippen LogP contribution in [0.3, 0.4) is 0 Å². The van der Waals surface area contributed by atoms with E-state index in [0.29, 0.717) is 16.4 Å². The van der Waals surface area contributed by atoms with Crippen LogP contribution in [0, 0.1) is 0 Å². The van der Waals surface area contributed by atoms with E-state index in [4.69, 9.17) is 16.1 Å². The number of aromatic nitrogens is 2. The zero-order valence-corrected chi connectivity index (χ0v) is 14.8. The van der Waals surface area contributed by atoms with E-state index in [1.54, 1.807) is 24.3 Å². The topological polar surface area (TPSA) is 64.3 Å². The quantitative estimate of drug-likeness (QED) is 0.676. The molecule has 2 aromatic carbocycles. The summed E-state index contributed by atoms with van der Waals surface area (Å²) < 4.78 is 19.0. The van der Waals surface area contributed by atoms with Gasteiger partial charge in [-0.1, -0.05) is 41.9 Å². The molecule has 0 radical (unpaired) electrons. The number of rotatable bonds is 4. The van der Waals surface area contributed by atoms with Crippen molar-refractivity contribution in [3.8, 4) is 28.6 Å². The van der Waals surface area contributed by atoms with Gasteiger partial charge in [-0.2, -0.15) is 9.78 Å². The summed E-state index contributed by atoms with van der Waals surface area (Å²) >= 11 is 5.90. The number of benzene rings is 2. The Morgan fingerprint density at radius 3 is 2.29 bits per heavy atom. The minimum atomic E-state index is -2.88. The van der Waals surface area contributed by atoms with Crippen LogP contribution in [0.25, 0.3) is 16.9 Å². The molecule has 0 unspecified atom stereocenters. The summed E-state index contributed by atoms with van der Waals surface area (Å²) in [6.07, 6.45) is 0. The molecule has 0 bridgehead atoms. The van der Waals surface area contributed by atoms with Crippen molar-refractivity contribution in [1.82, 2.24) is 9.78 Å². The van der Waals surface area contributed by atoms with E-state index < -0.39 is 7.37 Å². The van der Waals surface area contributed by atoms with Crippen molar-refractivity contribution in [2.75, 3.05) is 13.3 Å². The second-order valence-electron chi connectivity index (χ2n) is 5.60. The minimum absolute atomic E-state index is 0.101. The Balaban J connectivity index is 2.19. The van der Waals surface area contributed by atoms with Gasteiger partial charge in [-0.25, -0.2) is 0 Å². The minimum Gasteiger partial charge on any atom is -0.491 e. The average Bonchev–Trinajstić information content (AvgIpc) is 2.85. The lowest BCUT2D eigenvalue weighted by Crippen LogP contribution is -1.95. The van der Waals surface area contributed by atoms with Crippen LogP contribution in [0.2, 0.25) is 5.02 Å². The highest BCUT2D eigenvalue weighted by atomic mass is 35.5. The maximum absolute atomic E-state index is 12.1. The van der Waals surface area contributed by atoms with E-state index in [9.17, 15) is 9.67 Å². The summed E-state index contributed by atoms with van der Waals surface area (Å²) in [7, 11) is -2.88. The molecule has 0 saturated heterocycles. The highest BCUT2D eigenvalue weighted by molar-refractivity contribution is 7.57. The lowest BCUT2D eigenvalue weighted by molar-refractivity contribution is 0.405. The molecule has 24 heavy (non-hydrogen) atoms. The molecule has 5 nitrogen and oxygen atoms in total. The fourth-order valence-corrected chi connectivity index (χ4v) is 2.98. The van der Waals surface area contributed by atoms with Crippen molar-refractivity contribution >= 4 is 19.0 Å². The van der Waals surface area contributed by atoms with E-state index in [1.165, 1.54) is 18.0 Å². The molecular formula is C17H16ClN2O3P. The fourth-order valence-electron chi connectivity index (χ4n) is 2.25. The van der Waals surface area contributed by atoms with Crippen LogP contribution in [0.5, 0.6) is 11.6 Å². The van der Waals surface area contributed by atoms with E-state index in [1.807, 2.05) is 30.3 Å². The Kier molecular flexibility index (Phi) is 4.39. The van der Waals surface area contributed by atoms with Crippen LogP contribution in [0.15, 0.2) is 54.6 Å². The van der Waals surface area contributed by atoms with Crippen LogP contribution in [0.4, 0.5) is 0 Å². The van der Waals surface area contributed by atoms with Gasteiger partial charge in [-0.15, -0.1) is 0 Å². The predicted octanol–water partition coefficient (Wildman–Crippen LogP) is 4.81. The zero-order chi connectivity index (χ0) is 17.3. The molecule has 0 saturated carbocycles. The molecule has 1 N–H and O–H groups in total. The molecule has 0 spiro atoms. The second kappa shape index (κ2) is 6.34. The van der Waals surface area contributed by atoms with Gasteiger partial charge in [0.05, 0.1) is 5.69 Å². The Morgan fingerprint density at radius 1 is 1.08 bits per heavy atom. The third kappa shape index (κ3) is 3.48. The SMILES string of the molecule is CP(C)(=O)Oc1c(-c2ccccc2)nn(-c2ccc(Cl)cc2)c1O. The predicted molar refractivity (Wildman–Crippen MR) is 95.8 cm³/mol. The maximum Gasteiger partial charge on any atom is 0.259 e. The van der Waals surface area contributed by atoms with Gasteiger partial charge < -0.3 is 9.63 Å². The lowest BCUT2D eigenvalue weighted by Gasteiger charge is -2.10. The Labute approximate surface area is 144 Å². The zero-order valence-electron chi connectivity index (χ0n) is 13.2. The van der Waals surface area contributed by atoms with Crippen molar-refractivity contribution in [3.63, 3.8) is 0 Å². The van der Waals surface area contributed by atoms with Crippen LogP contribution in [0.1, 0.15) is 0 Å². The summed E-state index contributed by atoms with van der Waals surface area (Å²) in [5.41, 5.74) is 1.79. The van der Waals surface area contributed by atoms with Crippen LogP contribution < -0.4 is 4.52 Å². The normalized spacial score (nSPS) is 11.5. The molecule has 0 aliphatic rings. The first-order valence-electron chi connectivity index (χ1n) is 7.23. The van der Waals surface area contributed by atoms with Gasteiger partial charge >= 0.3 is 0 Å². The first-order valence-corrected chi connectivity index (χ1v) is 10.1. The van der Waals surface area contributed by atoms with Crippen LogP contribution in [-0.4, -0.2) is 28.2 Å². The van der Waals surface area contributed by atoms with Gasteiger partial charge in [0.2, 0.25) is 13.1 Å². The monoisotopic (exact) mass is 362 g/mol. The summed E-state index contributed by atoms with van der Waals surface area (Å²) in [5, 5.41) is 15.6. The molecule has 3 rings (SSSR count). The Bertz CT molecular complexity index is 902. The lowest BCUT2D eigenvalue weighted by atomic mass is 10.1. The molecule has 1 aromatic heterocycles. The van der Waals surface area contributed by atoms with Gasteiger partial charge in [-0.3, -0.25) is 4.57 Å². The Morgan fingerprint density at radius 2 is 1.71 bits per heavy atom. The molecule has 3 aromatic rings. The summed E-state index contributed by atoms with van der Waals surface area (Å²) in [6.45, 7) is 2.97. The Hall–Kier alpha value is -2.23. The molecule has 0 amide bonds. The number of hydrogen-bond acceptors (Lipinski definition) is 4. The number of halogens is 1. The summed E-state index contributed by atoms with van der Waals surface area (Å²) in [6, 6.07) is 16.1. The second-order valence-corrected chi connectivity index (χ2v) is 8.72. The third-order valence-electron chi connectivity index (χ3n) is 3.25. The molecule has 1 heterocycles. The number of hydrogen-bond donors (Lipinski definition) is 1. The van der Waals surface area contributed by atoms with E-state index in [-0.39, 0.29) is 11.6 Å². The molecule has 0 aliphatic heterocycles. The third-order valence-corrected chi connectivity index (χ3v) is 4.12. The summed E-state index contributed by atoms with van der Waals surface area (Å²) in [4.78, 5) is 0. The van der Waals surface area contributed by atoms with E-state index >= 15 is 0 Å². The first kappa shape index (κ1) is 16.6. The average molecular weight is 363 g/mol. The van der Waals surface area contributed by atoms with Crippen LogP contribution >= 0.6 is 19.0 Å². The highest BCUT2D eigenvalue weighted by Crippen LogP contribution is 2.47. The van der Waals surface area contributed by atoms with Gasteiger partial charge in [0.1, 0.15) is 5.69 Å². The number of nitrogens with zero attached hydrogens (tertiary/aromatic N) is 2. The van der Waals surface area contributed by atoms with Crippen molar-refractivity contribution in [1.29, 1.82) is 0 Å². The van der Waals surface area contributed by atoms with Gasteiger partial charge in [0.25, 0.3) is 5.88 Å². The van der Waals surface area contributed by atoms with E-state index in [0.717, 1.165) is 5.56 Å². The van der Waals surface area contributed by atoms with E-state index in [2.05, 4.69) is 5.10 Å². The number of aromatic hydroxyl groups is 1. The van der Waals surface area contributed by atoms with Crippen molar-refractivity contribution in [3.05, 3.63) is 59.6 Å². The van der Waals surface area contributed by atoms with Crippen molar-refractivity contribution < 1.29 is 14.2 Å². The molecule has 7 heteroatoms. The van der Waals surface area contributed by atoms with Crippen molar-refractivity contribution in [2.24, 2.45) is 0 Å². The molecule has 0 fully saturated rings. The highest BCUT2D eigenvalue weighted by Gasteiger charge is 2.25.